The Morgan fingerprint density at radius 2 is 1.67 bits per heavy atom. The molecule has 4 nitrogen and oxygen atoms in total. The van der Waals surface area contributed by atoms with Crippen molar-refractivity contribution in [3.63, 3.8) is 0 Å². The summed E-state index contributed by atoms with van der Waals surface area (Å²) in [6, 6.07) is 10.4. The molecule has 0 atom stereocenters. The summed E-state index contributed by atoms with van der Waals surface area (Å²) in [6.45, 7) is 6.83. The summed E-state index contributed by atoms with van der Waals surface area (Å²) >= 11 is 0. The van der Waals surface area contributed by atoms with Gasteiger partial charge in [-0.15, -0.1) is 0 Å². The van der Waals surface area contributed by atoms with Crippen LogP contribution in [-0.2, 0) is 4.74 Å². The molecule has 3 aliphatic rings. The van der Waals surface area contributed by atoms with E-state index in [1.165, 1.54) is 63.2 Å². The van der Waals surface area contributed by atoms with Gasteiger partial charge in [-0.1, -0.05) is 6.07 Å². The number of likely N-dealkylation sites (tertiary alicyclic amines) is 1. The Morgan fingerprint density at radius 1 is 0.917 bits per heavy atom. The maximum atomic E-state index is 5.46. The highest BCUT2D eigenvalue weighted by molar-refractivity contribution is 5.58. The predicted octanol–water partition coefficient (Wildman–Crippen LogP) is 3.34. The topological polar surface area (TPSA) is 27.7 Å². The lowest BCUT2D eigenvalue weighted by atomic mass is 10.0. The summed E-state index contributed by atoms with van der Waals surface area (Å²) < 4.78 is 5.46. The van der Waals surface area contributed by atoms with Crippen molar-refractivity contribution in [1.82, 2.24) is 4.90 Å². The van der Waals surface area contributed by atoms with E-state index in [-0.39, 0.29) is 0 Å². The molecule has 1 N–H and O–H groups in total. The van der Waals surface area contributed by atoms with Gasteiger partial charge in [-0.05, 0) is 69.8 Å². The molecule has 1 aromatic rings. The van der Waals surface area contributed by atoms with Crippen LogP contribution in [0.5, 0.6) is 0 Å². The molecular formula is C20H31N3O. The van der Waals surface area contributed by atoms with E-state index in [2.05, 4.69) is 39.4 Å². The molecule has 4 rings (SSSR count). The van der Waals surface area contributed by atoms with Crippen LogP contribution in [0.4, 0.5) is 11.4 Å². The van der Waals surface area contributed by atoms with Gasteiger partial charge in [0.2, 0.25) is 0 Å². The Balaban J connectivity index is 1.33. The lowest BCUT2D eigenvalue weighted by molar-refractivity contribution is 0.0904. The average Bonchev–Trinajstić information content (AvgIpc) is 3.18. The quantitative estimate of drug-likeness (QED) is 0.917. The lowest BCUT2D eigenvalue weighted by Gasteiger charge is -2.38. The zero-order valence-corrected chi connectivity index (χ0v) is 14.8. The maximum absolute atomic E-state index is 5.46. The van der Waals surface area contributed by atoms with Gasteiger partial charge in [-0.2, -0.15) is 0 Å². The van der Waals surface area contributed by atoms with Gasteiger partial charge in [-0.25, -0.2) is 0 Å². The minimum atomic E-state index is 0.565. The number of ether oxygens (including phenoxy) is 1. The van der Waals surface area contributed by atoms with Crippen molar-refractivity contribution in [2.75, 3.05) is 49.6 Å². The van der Waals surface area contributed by atoms with Crippen LogP contribution in [0.2, 0.25) is 0 Å². The highest BCUT2D eigenvalue weighted by Gasteiger charge is 2.26. The SMILES string of the molecule is c1cc(NC2CCOCC2)cc(N2CCC(N3CCCC3)CC2)c1. The Morgan fingerprint density at radius 3 is 2.42 bits per heavy atom. The molecule has 1 aromatic carbocycles. The van der Waals surface area contributed by atoms with Crippen LogP contribution in [0, 0.1) is 0 Å². The molecule has 0 spiro atoms. The van der Waals surface area contributed by atoms with Gasteiger partial charge in [0, 0.05) is 49.8 Å². The molecule has 4 heteroatoms. The van der Waals surface area contributed by atoms with Crippen molar-refractivity contribution in [3.05, 3.63) is 24.3 Å². The molecule has 0 aliphatic carbocycles. The van der Waals surface area contributed by atoms with E-state index in [0.717, 1.165) is 32.1 Å². The normalized spacial score (nSPS) is 24.4. The number of hydrogen-bond donors (Lipinski definition) is 1. The Hall–Kier alpha value is -1.26. The number of hydrogen-bond acceptors (Lipinski definition) is 4. The van der Waals surface area contributed by atoms with Gasteiger partial charge < -0.3 is 19.9 Å². The van der Waals surface area contributed by atoms with E-state index < -0.39 is 0 Å². The van der Waals surface area contributed by atoms with Crippen LogP contribution in [0.1, 0.15) is 38.5 Å². The molecule has 0 bridgehead atoms. The van der Waals surface area contributed by atoms with Crippen molar-refractivity contribution < 1.29 is 4.74 Å². The smallest absolute Gasteiger partial charge is 0.0485 e. The largest absolute Gasteiger partial charge is 0.382 e. The Bertz CT molecular complexity index is 515. The monoisotopic (exact) mass is 329 g/mol. The van der Waals surface area contributed by atoms with E-state index in [9.17, 15) is 0 Å². The lowest BCUT2D eigenvalue weighted by Crippen LogP contribution is -2.43. The summed E-state index contributed by atoms with van der Waals surface area (Å²) in [7, 11) is 0. The first-order valence-electron chi connectivity index (χ1n) is 9.82. The van der Waals surface area contributed by atoms with E-state index in [4.69, 9.17) is 4.74 Å². The number of benzene rings is 1. The van der Waals surface area contributed by atoms with Crippen LogP contribution in [0.25, 0.3) is 0 Å². The molecule has 3 aliphatic heterocycles. The van der Waals surface area contributed by atoms with E-state index >= 15 is 0 Å². The molecule has 3 saturated heterocycles. The van der Waals surface area contributed by atoms with Crippen LogP contribution < -0.4 is 10.2 Å². The van der Waals surface area contributed by atoms with Crippen molar-refractivity contribution in [2.24, 2.45) is 0 Å². The fourth-order valence-electron chi connectivity index (χ4n) is 4.47. The minimum Gasteiger partial charge on any atom is -0.382 e. The molecule has 24 heavy (non-hydrogen) atoms. The molecular weight excluding hydrogens is 298 g/mol. The number of piperidine rings is 1. The molecule has 0 saturated carbocycles. The second kappa shape index (κ2) is 7.75. The fraction of sp³-hybridized carbons (Fsp3) is 0.700. The second-order valence-electron chi connectivity index (χ2n) is 7.54. The van der Waals surface area contributed by atoms with Gasteiger partial charge in [0.1, 0.15) is 0 Å². The first-order chi connectivity index (χ1) is 11.9. The van der Waals surface area contributed by atoms with Crippen LogP contribution in [0.3, 0.4) is 0 Å². The third-order valence-corrected chi connectivity index (χ3v) is 5.92. The van der Waals surface area contributed by atoms with E-state index in [0.29, 0.717) is 6.04 Å². The summed E-state index contributed by atoms with van der Waals surface area (Å²) in [5.74, 6) is 0. The fourth-order valence-corrected chi connectivity index (χ4v) is 4.47. The van der Waals surface area contributed by atoms with Gasteiger partial charge in [-0.3, -0.25) is 0 Å². The van der Waals surface area contributed by atoms with Crippen LogP contribution in [0.15, 0.2) is 24.3 Å². The van der Waals surface area contributed by atoms with Gasteiger partial charge in [0.25, 0.3) is 0 Å². The standard InChI is InChI=1S/C20H31N3O/c1-2-11-22(10-1)19-6-12-23(13-7-19)20-5-3-4-18(16-20)21-17-8-14-24-15-9-17/h3-5,16-17,19,21H,1-2,6-15H2. The summed E-state index contributed by atoms with van der Waals surface area (Å²) in [4.78, 5) is 5.29. The Kier molecular flexibility index (Phi) is 5.24. The van der Waals surface area contributed by atoms with Crippen molar-refractivity contribution in [3.8, 4) is 0 Å². The average molecular weight is 329 g/mol. The zero-order valence-electron chi connectivity index (χ0n) is 14.8. The van der Waals surface area contributed by atoms with Crippen LogP contribution in [-0.4, -0.2) is 56.4 Å². The number of anilines is 2. The summed E-state index contributed by atoms with van der Waals surface area (Å²) in [6.07, 6.45) is 7.67. The number of rotatable bonds is 4. The second-order valence-corrected chi connectivity index (χ2v) is 7.54. The van der Waals surface area contributed by atoms with E-state index in [1.807, 2.05) is 0 Å². The summed E-state index contributed by atoms with van der Waals surface area (Å²) in [5.41, 5.74) is 2.65. The molecule has 0 radical (unpaired) electrons. The highest BCUT2D eigenvalue weighted by Crippen LogP contribution is 2.27. The number of nitrogens with one attached hydrogen (secondary N) is 1. The first-order valence-corrected chi connectivity index (χ1v) is 9.82. The number of nitrogens with zero attached hydrogens (tertiary/aromatic N) is 2. The predicted molar refractivity (Wildman–Crippen MR) is 99.9 cm³/mol. The highest BCUT2D eigenvalue weighted by atomic mass is 16.5. The summed E-state index contributed by atoms with van der Waals surface area (Å²) in [5, 5.41) is 3.70. The third kappa shape index (κ3) is 3.86. The molecule has 0 amide bonds. The van der Waals surface area contributed by atoms with Crippen molar-refractivity contribution >= 4 is 11.4 Å². The van der Waals surface area contributed by atoms with Gasteiger partial charge in [0.05, 0.1) is 0 Å². The molecule has 0 unspecified atom stereocenters. The van der Waals surface area contributed by atoms with Gasteiger partial charge >= 0.3 is 0 Å². The minimum absolute atomic E-state index is 0.565. The molecule has 132 valence electrons. The van der Waals surface area contributed by atoms with E-state index in [1.54, 1.807) is 0 Å². The molecule has 0 aromatic heterocycles. The van der Waals surface area contributed by atoms with Crippen LogP contribution >= 0.6 is 0 Å². The Labute approximate surface area is 146 Å². The molecule has 3 heterocycles. The van der Waals surface area contributed by atoms with Gasteiger partial charge in [0.15, 0.2) is 0 Å². The maximum Gasteiger partial charge on any atom is 0.0485 e. The van der Waals surface area contributed by atoms with Crippen molar-refractivity contribution in [2.45, 2.75) is 50.6 Å². The molecule has 3 fully saturated rings. The third-order valence-electron chi connectivity index (χ3n) is 5.92. The first kappa shape index (κ1) is 16.2. The van der Waals surface area contributed by atoms with Crippen molar-refractivity contribution in [1.29, 1.82) is 0 Å². The zero-order chi connectivity index (χ0) is 16.2.